The Morgan fingerprint density at radius 3 is 2.16 bits per heavy atom. The van der Waals surface area contributed by atoms with Crippen LogP contribution in [0.5, 0.6) is 0 Å². The number of nitrogens with zero attached hydrogens (tertiary/aromatic N) is 2. The molecule has 1 amide bonds. The average Bonchev–Trinajstić information content (AvgIpc) is 2.79. The number of para-hydroxylation sites is 1. The van der Waals surface area contributed by atoms with Gasteiger partial charge in [-0.3, -0.25) is 14.9 Å². The van der Waals surface area contributed by atoms with Gasteiger partial charge in [0.2, 0.25) is 0 Å². The van der Waals surface area contributed by atoms with E-state index in [1.807, 2.05) is 18.2 Å². The number of carboxylic acids is 1. The van der Waals surface area contributed by atoms with Crippen LogP contribution in [0.3, 0.4) is 0 Å². The summed E-state index contributed by atoms with van der Waals surface area (Å²) in [6.07, 6.45) is 0. The quantitative estimate of drug-likeness (QED) is 0.430. The SMILES string of the molecule is CN(C(=O)c1ccc([N+](=O)[O-])cc1)c1ccccc1COCc1ccc(C(=O)O)cc1. The summed E-state index contributed by atoms with van der Waals surface area (Å²) in [5.74, 6) is -1.28. The molecule has 0 aliphatic rings. The zero-order valence-electron chi connectivity index (χ0n) is 16.7. The van der Waals surface area contributed by atoms with Crippen molar-refractivity contribution in [2.45, 2.75) is 13.2 Å². The molecule has 31 heavy (non-hydrogen) atoms. The van der Waals surface area contributed by atoms with Crippen LogP contribution in [0.1, 0.15) is 31.8 Å². The van der Waals surface area contributed by atoms with E-state index in [0.29, 0.717) is 11.3 Å². The zero-order chi connectivity index (χ0) is 22.4. The maximum atomic E-state index is 12.8. The van der Waals surface area contributed by atoms with Gasteiger partial charge in [0.05, 0.1) is 23.7 Å². The van der Waals surface area contributed by atoms with Crippen LogP contribution in [0.25, 0.3) is 0 Å². The van der Waals surface area contributed by atoms with E-state index in [1.165, 1.54) is 41.3 Å². The summed E-state index contributed by atoms with van der Waals surface area (Å²) < 4.78 is 5.76. The molecule has 0 spiro atoms. The molecule has 0 bridgehead atoms. The number of carboxylic acid groups (broad SMARTS) is 1. The van der Waals surface area contributed by atoms with Crippen LogP contribution in [0.4, 0.5) is 11.4 Å². The van der Waals surface area contributed by atoms with Crippen molar-refractivity contribution in [3.05, 3.63) is 105 Å². The van der Waals surface area contributed by atoms with E-state index in [9.17, 15) is 19.7 Å². The lowest BCUT2D eigenvalue weighted by Gasteiger charge is -2.21. The minimum absolute atomic E-state index is 0.0793. The number of non-ortho nitro benzene ring substituents is 1. The fraction of sp³-hybridized carbons (Fsp3) is 0.130. The second-order valence-corrected chi connectivity index (χ2v) is 6.79. The molecule has 3 aromatic rings. The highest BCUT2D eigenvalue weighted by Crippen LogP contribution is 2.23. The van der Waals surface area contributed by atoms with Crippen molar-refractivity contribution in [2.24, 2.45) is 0 Å². The molecule has 0 unspecified atom stereocenters. The van der Waals surface area contributed by atoms with Crippen molar-refractivity contribution in [2.75, 3.05) is 11.9 Å². The van der Waals surface area contributed by atoms with Crippen LogP contribution >= 0.6 is 0 Å². The largest absolute Gasteiger partial charge is 0.478 e. The highest BCUT2D eigenvalue weighted by molar-refractivity contribution is 6.06. The molecule has 0 aliphatic carbocycles. The van der Waals surface area contributed by atoms with E-state index < -0.39 is 10.9 Å². The van der Waals surface area contributed by atoms with Gasteiger partial charge in [-0.05, 0) is 35.9 Å². The van der Waals surface area contributed by atoms with Crippen LogP contribution < -0.4 is 4.90 Å². The Labute approximate surface area is 178 Å². The number of nitro benzene ring substituents is 1. The number of amides is 1. The molecular formula is C23H20N2O6. The third-order valence-corrected chi connectivity index (χ3v) is 4.71. The van der Waals surface area contributed by atoms with Crippen LogP contribution in [0, 0.1) is 10.1 Å². The fourth-order valence-electron chi connectivity index (χ4n) is 3.01. The van der Waals surface area contributed by atoms with E-state index in [2.05, 4.69) is 0 Å². The van der Waals surface area contributed by atoms with Gasteiger partial charge >= 0.3 is 5.97 Å². The van der Waals surface area contributed by atoms with E-state index in [1.54, 1.807) is 25.2 Å². The highest BCUT2D eigenvalue weighted by Gasteiger charge is 2.17. The molecule has 0 radical (unpaired) electrons. The number of ether oxygens (including phenoxy) is 1. The number of aromatic carboxylic acids is 1. The van der Waals surface area contributed by atoms with Crippen molar-refractivity contribution in [3.63, 3.8) is 0 Å². The first-order chi connectivity index (χ1) is 14.9. The van der Waals surface area contributed by atoms with Gasteiger partial charge in [0, 0.05) is 36.0 Å². The summed E-state index contributed by atoms with van der Waals surface area (Å²) in [6, 6.07) is 19.2. The highest BCUT2D eigenvalue weighted by atomic mass is 16.6. The van der Waals surface area contributed by atoms with Gasteiger partial charge in [-0.25, -0.2) is 4.79 Å². The Kier molecular flexibility index (Phi) is 6.74. The topological polar surface area (TPSA) is 110 Å². The number of rotatable bonds is 8. The molecule has 1 N–H and O–H groups in total. The van der Waals surface area contributed by atoms with Gasteiger partial charge in [0.25, 0.3) is 11.6 Å². The minimum Gasteiger partial charge on any atom is -0.478 e. The monoisotopic (exact) mass is 420 g/mol. The molecule has 0 aromatic heterocycles. The number of hydrogen-bond donors (Lipinski definition) is 1. The van der Waals surface area contributed by atoms with Crippen LogP contribution in [-0.2, 0) is 18.0 Å². The minimum atomic E-state index is -0.984. The number of nitro groups is 1. The van der Waals surface area contributed by atoms with E-state index in [0.717, 1.165) is 11.1 Å². The lowest BCUT2D eigenvalue weighted by Crippen LogP contribution is -2.27. The van der Waals surface area contributed by atoms with E-state index in [-0.39, 0.29) is 30.4 Å². The molecule has 0 fully saturated rings. The van der Waals surface area contributed by atoms with Gasteiger partial charge in [0.1, 0.15) is 0 Å². The Morgan fingerprint density at radius 1 is 0.935 bits per heavy atom. The number of anilines is 1. The molecule has 3 rings (SSSR count). The second-order valence-electron chi connectivity index (χ2n) is 6.79. The molecule has 158 valence electrons. The Hall–Kier alpha value is -4.04. The standard InChI is InChI=1S/C23H20N2O6/c1-24(22(26)17-10-12-20(13-11-17)25(29)30)21-5-3-2-4-19(21)15-31-14-16-6-8-18(9-7-16)23(27)28/h2-13H,14-15H2,1H3,(H,27,28). The summed E-state index contributed by atoms with van der Waals surface area (Å²) in [5.41, 5.74) is 2.75. The predicted molar refractivity (Wildman–Crippen MR) is 114 cm³/mol. The maximum Gasteiger partial charge on any atom is 0.335 e. The lowest BCUT2D eigenvalue weighted by atomic mass is 10.1. The molecule has 8 nitrogen and oxygen atoms in total. The first-order valence-electron chi connectivity index (χ1n) is 9.37. The normalized spacial score (nSPS) is 10.5. The summed E-state index contributed by atoms with van der Waals surface area (Å²) in [6.45, 7) is 0.531. The van der Waals surface area contributed by atoms with Crippen LogP contribution in [0.2, 0.25) is 0 Å². The van der Waals surface area contributed by atoms with Crippen LogP contribution in [0.15, 0.2) is 72.8 Å². The second kappa shape index (κ2) is 9.64. The van der Waals surface area contributed by atoms with Crippen molar-refractivity contribution in [1.29, 1.82) is 0 Å². The summed E-state index contributed by atoms with van der Waals surface area (Å²) in [7, 11) is 1.63. The summed E-state index contributed by atoms with van der Waals surface area (Å²) in [4.78, 5) is 35.5. The number of hydrogen-bond acceptors (Lipinski definition) is 5. The Morgan fingerprint density at radius 2 is 1.55 bits per heavy atom. The maximum absolute atomic E-state index is 12.8. The lowest BCUT2D eigenvalue weighted by molar-refractivity contribution is -0.384. The van der Waals surface area contributed by atoms with Crippen molar-refractivity contribution in [1.82, 2.24) is 0 Å². The molecule has 8 heteroatoms. The summed E-state index contributed by atoms with van der Waals surface area (Å²) >= 11 is 0. The Balaban J connectivity index is 1.68. The molecule has 0 saturated carbocycles. The van der Waals surface area contributed by atoms with E-state index in [4.69, 9.17) is 9.84 Å². The van der Waals surface area contributed by atoms with Gasteiger partial charge in [-0.2, -0.15) is 0 Å². The van der Waals surface area contributed by atoms with E-state index >= 15 is 0 Å². The van der Waals surface area contributed by atoms with Gasteiger partial charge in [-0.15, -0.1) is 0 Å². The zero-order valence-corrected chi connectivity index (χ0v) is 16.7. The Bertz CT molecular complexity index is 1090. The molecule has 0 saturated heterocycles. The number of carbonyl (C=O) groups is 2. The molecule has 3 aromatic carbocycles. The van der Waals surface area contributed by atoms with Crippen molar-refractivity contribution >= 4 is 23.3 Å². The van der Waals surface area contributed by atoms with Gasteiger partial charge < -0.3 is 14.7 Å². The first-order valence-corrected chi connectivity index (χ1v) is 9.37. The molecular weight excluding hydrogens is 400 g/mol. The average molecular weight is 420 g/mol. The summed E-state index contributed by atoms with van der Waals surface area (Å²) in [5, 5.41) is 19.8. The van der Waals surface area contributed by atoms with Gasteiger partial charge in [-0.1, -0.05) is 30.3 Å². The third-order valence-electron chi connectivity index (χ3n) is 4.71. The molecule has 0 atom stereocenters. The third kappa shape index (κ3) is 5.31. The van der Waals surface area contributed by atoms with Crippen molar-refractivity contribution in [3.8, 4) is 0 Å². The number of carbonyl (C=O) groups excluding carboxylic acids is 1. The van der Waals surface area contributed by atoms with Crippen LogP contribution in [-0.4, -0.2) is 29.0 Å². The van der Waals surface area contributed by atoms with Crippen molar-refractivity contribution < 1.29 is 24.4 Å². The number of benzene rings is 3. The predicted octanol–water partition coefficient (Wildman–Crippen LogP) is 4.29. The van der Waals surface area contributed by atoms with Gasteiger partial charge in [0.15, 0.2) is 0 Å². The smallest absolute Gasteiger partial charge is 0.335 e. The first kappa shape index (κ1) is 21.7. The molecule has 0 heterocycles. The molecule has 0 aliphatic heterocycles. The fourth-order valence-corrected chi connectivity index (χ4v) is 3.01.